The quantitative estimate of drug-likeness (QED) is 0.764. The van der Waals surface area contributed by atoms with Crippen LogP contribution in [0.2, 0.25) is 0 Å². The summed E-state index contributed by atoms with van der Waals surface area (Å²) in [7, 11) is 0. The van der Waals surface area contributed by atoms with E-state index in [2.05, 4.69) is 10.6 Å². The Morgan fingerprint density at radius 3 is 2.56 bits per heavy atom. The zero-order chi connectivity index (χ0) is 19.8. The second-order valence-electron chi connectivity index (χ2n) is 7.26. The topological polar surface area (TPSA) is 87.7 Å². The number of ether oxygens (including phenoxy) is 1. The number of benzene rings is 1. The molecule has 7 nitrogen and oxygen atoms in total. The van der Waals surface area contributed by atoms with E-state index in [1.807, 2.05) is 44.2 Å². The van der Waals surface area contributed by atoms with Crippen LogP contribution in [0.5, 0.6) is 0 Å². The number of carbonyl (C=O) groups is 3. The van der Waals surface area contributed by atoms with E-state index in [9.17, 15) is 14.4 Å². The first-order valence-corrected chi connectivity index (χ1v) is 9.44. The minimum absolute atomic E-state index is 0.131. The van der Waals surface area contributed by atoms with E-state index in [1.165, 1.54) is 0 Å². The smallest absolute Gasteiger partial charge is 0.408 e. The Hall–Kier alpha value is -2.57. The molecule has 0 aromatic heterocycles. The molecule has 2 N–H and O–H groups in total. The molecule has 2 rings (SSSR count). The number of nitrogens with one attached hydrogen (secondary N) is 2. The van der Waals surface area contributed by atoms with Crippen LogP contribution in [-0.2, 0) is 20.9 Å². The van der Waals surface area contributed by atoms with Crippen molar-refractivity contribution >= 4 is 17.9 Å². The molecule has 1 saturated heterocycles. The summed E-state index contributed by atoms with van der Waals surface area (Å²) in [6.45, 7) is 6.88. The number of hydrogen-bond donors (Lipinski definition) is 2. The molecule has 1 fully saturated rings. The van der Waals surface area contributed by atoms with Gasteiger partial charge in [0.05, 0.1) is 0 Å². The Morgan fingerprint density at radius 1 is 1.19 bits per heavy atom. The number of alkyl carbamates (subject to hydrolysis) is 1. The predicted octanol–water partition coefficient (Wildman–Crippen LogP) is 2.06. The average molecular weight is 375 g/mol. The van der Waals surface area contributed by atoms with Gasteiger partial charge in [-0.2, -0.15) is 0 Å². The minimum Gasteiger partial charge on any atom is -0.445 e. The van der Waals surface area contributed by atoms with Gasteiger partial charge in [-0.3, -0.25) is 9.59 Å². The Labute approximate surface area is 160 Å². The van der Waals surface area contributed by atoms with Crippen molar-refractivity contribution in [3.8, 4) is 0 Å². The molecule has 0 spiro atoms. The Kier molecular flexibility index (Phi) is 7.64. The van der Waals surface area contributed by atoms with Gasteiger partial charge in [0.2, 0.25) is 11.8 Å². The number of nitrogens with zero attached hydrogens (tertiary/aromatic N) is 1. The van der Waals surface area contributed by atoms with Gasteiger partial charge in [-0.25, -0.2) is 4.79 Å². The second-order valence-corrected chi connectivity index (χ2v) is 7.26. The van der Waals surface area contributed by atoms with Crippen molar-refractivity contribution in [2.45, 2.75) is 52.3 Å². The highest BCUT2D eigenvalue weighted by Crippen LogP contribution is 2.18. The summed E-state index contributed by atoms with van der Waals surface area (Å²) in [6.07, 6.45) is 0.761. The summed E-state index contributed by atoms with van der Waals surface area (Å²) in [4.78, 5) is 38.5. The molecule has 1 aliphatic heterocycles. The fourth-order valence-electron chi connectivity index (χ4n) is 2.98. The largest absolute Gasteiger partial charge is 0.445 e. The lowest BCUT2D eigenvalue weighted by molar-refractivity contribution is -0.139. The molecule has 0 saturated carbocycles. The first-order chi connectivity index (χ1) is 12.9. The normalized spacial score (nSPS) is 17.5. The summed E-state index contributed by atoms with van der Waals surface area (Å²) in [5, 5.41) is 5.43. The van der Waals surface area contributed by atoms with Crippen molar-refractivity contribution in [2.24, 2.45) is 5.92 Å². The minimum atomic E-state index is -0.758. The van der Waals surface area contributed by atoms with Crippen LogP contribution in [0, 0.1) is 5.92 Å². The van der Waals surface area contributed by atoms with E-state index < -0.39 is 18.2 Å². The summed E-state index contributed by atoms with van der Waals surface area (Å²) < 4.78 is 5.15. The fourth-order valence-corrected chi connectivity index (χ4v) is 2.98. The maximum absolute atomic E-state index is 12.7. The summed E-state index contributed by atoms with van der Waals surface area (Å²) in [6, 6.07) is 8.08. The number of carbonyl (C=O) groups excluding carboxylic acids is 3. The standard InChI is InChI=1S/C20H29N3O4/c1-14(2)12-21-18(24)17-10-7-11-23(17)19(25)15(3)22-20(26)27-13-16-8-5-4-6-9-16/h4-6,8-9,14-15,17H,7,10-13H2,1-3H3,(H,21,24)(H,22,26). The van der Waals surface area contributed by atoms with Crippen LogP contribution in [0.25, 0.3) is 0 Å². The van der Waals surface area contributed by atoms with Crippen LogP contribution in [0.1, 0.15) is 39.2 Å². The lowest BCUT2D eigenvalue weighted by Gasteiger charge is -2.27. The van der Waals surface area contributed by atoms with E-state index in [4.69, 9.17) is 4.74 Å². The second kappa shape index (κ2) is 9.94. The van der Waals surface area contributed by atoms with E-state index in [1.54, 1.807) is 11.8 Å². The van der Waals surface area contributed by atoms with E-state index in [0.717, 1.165) is 12.0 Å². The van der Waals surface area contributed by atoms with Crippen molar-refractivity contribution < 1.29 is 19.1 Å². The van der Waals surface area contributed by atoms with Crippen LogP contribution < -0.4 is 10.6 Å². The van der Waals surface area contributed by atoms with Gasteiger partial charge in [0.1, 0.15) is 18.7 Å². The van der Waals surface area contributed by atoms with Crippen molar-refractivity contribution in [3.05, 3.63) is 35.9 Å². The lowest BCUT2D eigenvalue weighted by Crippen LogP contribution is -2.52. The lowest BCUT2D eigenvalue weighted by atomic mass is 10.1. The molecule has 3 amide bonds. The summed E-state index contributed by atoms with van der Waals surface area (Å²) in [5.74, 6) is -0.0539. The highest BCUT2D eigenvalue weighted by molar-refractivity contribution is 5.91. The Bertz CT molecular complexity index is 648. The van der Waals surface area contributed by atoms with Crippen LogP contribution in [0.4, 0.5) is 4.79 Å². The van der Waals surface area contributed by atoms with Gasteiger partial charge in [-0.1, -0.05) is 44.2 Å². The van der Waals surface area contributed by atoms with Crippen LogP contribution in [0.15, 0.2) is 30.3 Å². The van der Waals surface area contributed by atoms with Crippen molar-refractivity contribution in [2.75, 3.05) is 13.1 Å². The first kappa shape index (κ1) is 20.7. The number of likely N-dealkylation sites (tertiary alicyclic amines) is 1. The highest BCUT2D eigenvalue weighted by atomic mass is 16.5. The summed E-state index contributed by atoms with van der Waals surface area (Å²) >= 11 is 0. The van der Waals surface area contributed by atoms with Gasteiger partial charge in [-0.15, -0.1) is 0 Å². The SMILES string of the molecule is CC(C)CNC(=O)C1CCCN1C(=O)C(C)NC(=O)OCc1ccccc1. The predicted molar refractivity (Wildman–Crippen MR) is 102 cm³/mol. The molecule has 0 radical (unpaired) electrons. The molecule has 0 aliphatic carbocycles. The maximum Gasteiger partial charge on any atom is 0.408 e. The molecule has 27 heavy (non-hydrogen) atoms. The van der Waals surface area contributed by atoms with Gasteiger partial charge in [0.15, 0.2) is 0 Å². The Morgan fingerprint density at radius 2 is 1.89 bits per heavy atom. The van der Waals surface area contributed by atoms with Gasteiger partial charge in [-0.05, 0) is 31.2 Å². The number of amides is 3. The van der Waals surface area contributed by atoms with Crippen molar-refractivity contribution in [1.82, 2.24) is 15.5 Å². The van der Waals surface area contributed by atoms with Crippen LogP contribution in [-0.4, -0.2) is 48.0 Å². The first-order valence-electron chi connectivity index (χ1n) is 9.44. The van der Waals surface area contributed by atoms with Gasteiger partial charge in [0.25, 0.3) is 0 Å². The molecule has 0 bridgehead atoms. The molecular weight excluding hydrogens is 346 g/mol. The molecule has 1 heterocycles. The van der Waals surface area contributed by atoms with Gasteiger partial charge >= 0.3 is 6.09 Å². The van der Waals surface area contributed by atoms with Crippen LogP contribution >= 0.6 is 0 Å². The van der Waals surface area contributed by atoms with E-state index >= 15 is 0 Å². The van der Waals surface area contributed by atoms with Gasteiger partial charge in [0, 0.05) is 13.1 Å². The summed E-state index contributed by atoms with van der Waals surface area (Å²) in [5.41, 5.74) is 0.869. The van der Waals surface area contributed by atoms with Crippen molar-refractivity contribution in [1.29, 1.82) is 0 Å². The number of rotatable bonds is 7. The fraction of sp³-hybridized carbons (Fsp3) is 0.550. The molecule has 148 valence electrons. The van der Waals surface area contributed by atoms with Crippen LogP contribution in [0.3, 0.4) is 0 Å². The molecule has 2 atom stereocenters. The molecule has 1 aromatic carbocycles. The zero-order valence-corrected chi connectivity index (χ0v) is 16.2. The molecule has 1 aromatic rings. The van der Waals surface area contributed by atoms with Gasteiger partial charge < -0.3 is 20.3 Å². The Balaban J connectivity index is 1.83. The van der Waals surface area contributed by atoms with E-state index in [0.29, 0.717) is 25.4 Å². The zero-order valence-electron chi connectivity index (χ0n) is 16.2. The molecule has 7 heteroatoms. The molecule has 2 unspecified atom stereocenters. The third-order valence-electron chi connectivity index (χ3n) is 4.44. The maximum atomic E-state index is 12.7. The highest BCUT2D eigenvalue weighted by Gasteiger charge is 2.36. The molecular formula is C20H29N3O4. The monoisotopic (exact) mass is 375 g/mol. The third kappa shape index (κ3) is 6.27. The molecule has 1 aliphatic rings. The van der Waals surface area contributed by atoms with Crippen molar-refractivity contribution in [3.63, 3.8) is 0 Å². The third-order valence-corrected chi connectivity index (χ3v) is 4.44. The van der Waals surface area contributed by atoms with E-state index in [-0.39, 0.29) is 18.4 Å². The number of hydrogen-bond acceptors (Lipinski definition) is 4. The average Bonchev–Trinajstić information content (AvgIpc) is 3.14.